The van der Waals surface area contributed by atoms with Gasteiger partial charge in [0.05, 0.1) is 0 Å². The van der Waals surface area contributed by atoms with Crippen molar-refractivity contribution in [3.63, 3.8) is 0 Å². The van der Waals surface area contributed by atoms with Crippen molar-refractivity contribution in [3.05, 3.63) is 47.4 Å². The van der Waals surface area contributed by atoms with Gasteiger partial charge in [-0.3, -0.25) is 0 Å². The topological polar surface area (TPSA) is 48.1 Å². The highest BCUT2D eigenvalue weighted by atomic mass is 19.1. The highest BCUT2D eigenvalue weighted by molar-refractivity contribution is 6.32. The Labute approximate surface area is 113 Å². The second-order valence-corrected chi connectivity index (χ2v) is 4.37. The van der Waals surface area contributed by atoms with Crippen LogP contribution in [0.25, 0.3) is 0 Å². The molecule has 0 aliphatic rings. The number of nitrogens with zero attached hydrogens (tertiary/aromatic N) is 1. The van der Waals surface area contributed by atoms with Gasteiger partial charge < -0.3 is 10.5 Å². The van der Waals surface area contributed by atoms with E-state index in [4.69, 9.17) is 18.3 Å². The standard InChI is InChI=1S/C14H14BFN2O/c1-8-11(4-3-5-12(8)16)9(2)19-13-6-10(15)7-18-14(13)17/h3-7,9H,1-2H3,(H2,17,18). The number of nitrogens with two attached hydrogens (primary N) is 1. The van der Waals surface area contributed by atoms with E-state index in [0.29, 0.717) is 16.8 Å². The molecule has 1 heterocycles. The Morgan fingerprint density at radius 2 is 2.16 bits per heavy atom. The molecule has 0 saturated heterocycles. The van der Waals surface area contributed by atoms with Crippen LogP contribution in [0.1, 0.15) is 24.2 Å². The zero-order valence-corrected chi connectivity index (χ0v) is 10.9. The molecule has 96 valence electrons. The number of anilines is 1. The van der Waals surface area contributed by atoms with Crippen LogP contribution in [0.3, 0.4) is 0 Å². The molecule has 1 aromatic carbocycles. The molecule has 0 aliphatic carbocycles. The minimum Gasteiger partial charge on any atom is -0.482 e. The fourth-order valence-electron chi connectivity index (χ4n) is 1.88. The van der Waals surface area contributed by atoms with E-state index in [2.05, 4.69) is 4.98 Å². The second-order valence-electron chi connectivity index (χ2n) is 4.37. The number of halogens is 1. The fourth-order valence-corrected chi connectivity index (χ4v) is 1.88. The Kier molecular flexibility index (Phi) is 3.74. The molecule has 0 saturated carbocycles. The highest BCUT2D eigenvalue weighted by Gasteiger charge is 2.14. The summed E-state index contributed by atoms with van der Waals surface area (Å²) in [5.41, 5.74) is 7.51. The number of pyridine rings is 1. The van der Waals surface area contributed by atoms with Crippen LogP contribution in [-0.2, 0) is 0 Å². The quantitative estimate of drug-likeness (QED) is 0.855. The Balaban J connectivity index is 2.28. The molecule has 1 unspecified atom stereocenters. The summed E-state index contributed by atoms with van der Waals surface area (Å²) in [5.74, 6) is 0.401. The van der Waals surface area contributed by atoms with Crippen molar-refractivity contribution in [2.75, 3.05) is 5.73 Å². The molecule has 2 N–H and O–H groups in total. The number of ether oxygens (including phenoxy) is 1. The van der Waals surface area contributed by atoms with Gasteiger partial charge in [0.15, 0.2) is 11.6 Å². The number of benzene rings is 1. The van der Waals surface area contributed by atoms with Gasteiger partial charge in [-0.25, -0.2) is 9.37 Å². The summed E-state index contributed by atoms with van der Waals surface area (Å²) in [6, 6.07) is 6.49. The summed E-state index contributed by atoms with van der Waals surface area (Å²) in [6.45, 7) is 3.54. The van der Waals surface area contributed by atoms with Crippen LogP contribution in [0.5, 0.6) is 5.75 Å². The van der Waals surface area contributed by atoms with E-state index in [-0.39, 0.29) is 17.7 Å². The summed E-state index contributed by atoms with van der Waals surface area (Å²) < 4.78 is 19.2. The van der Waals surface area contributed by atoms with Crippen LogP contribution in [0, 0.1) is 12.7 Å². The summed E-state index contributed by atoms with van der Waals surface area (Å²) in [5, 5.41) is 0. The fraction of sp³-hybridized carbons (Fsp3) is 0.214. The first kappa shape index (κ1) is 13.4. The lowest BCUT2D eigenvalue weighted by Gasteiger charge is -2.18. The molecule has 2 aromatic rings. The molecule has 5 heteroatoms. The molecule has 1 aromatic heterocycles. The lowest BCUT2D eigenvalue weighted by atomic mass is 9.98. The maximum absolute atomic E-state index is 13.5. The predicted octanol–water partition coefficient (Wildman–Crippen LogP) is 2.05. The number of rotatable bonds is 3. The first-order chi connectivity index (χ1) is 8.99. The van der Waals surface area contributed by atoms with E-state index in [1.54, 1.807) is 19.1 Å². The molecular weight excluding hydrogens is 242 g/mol. The van der Waals surface area contributed by atoms with Crippen LogP contribution in [-0.4, -0.2) is 12.8 Å². The number of aromatic nitrogens is 1. The Bertz CT molecular complexity index is 604. The average molecular weight is 256 g/mol. The van der Waals surface area contributed by atoms with Crippen molar-refractivity contribution in [3.8, 4) is 5.75 Å². The van der Waals surface area contributed by atoms with E-state index >= 15 is 0 Å². The Hall–Kier alpha value is -2.04. The molecule has 19 heavy (non-hydrogen) atoms. The zero-order valence-electron chi connectivity index (χ0n) is 10.9. The van der Waals surface area contributed by atoms with E-state index in [1.165, 1.54) is 12.3 Å². The Morgan fingerprint density at radius 3 is 2.89 bits per heavy atom. The van der Waals surface area contributed by atoms with E-state index in [9.17, 15) is 4.39 Å². The van der Waals surface area contributed by atoms with Crippen molar-refractivity contribution in [2.24, 2.45) is 0 Å². The van der Waals surface area contributed by atoms with Crippen LogP contribution < -0.4 is 15.9 Å². The molecule has 0 aliphatic heterocycles. The van der Waals surface area contributed by atoms with Crippen molar-refractivity contribution >= 4 is 19.1 Å². The zero-order chi connectivity index (χ0) is 14.0. The minimum absolute atomic E-state index is 0.258. The molecule has 0 spiro atoms. The van der Waals surface area contributed by atoms with E-state index in [1.807, 2.05) is 13.0 Å². The smallest absolute Gasteiger partial charge is 0.166 e. The lowest BCUT2D eigenvalue weighted by molar-refractivity contribution is 0.226. The summed E-state index contributed by atoms with van der Waals surface area (Å²) >= 11 is 0. The number of hydrogen-bond acceptors (Lipinski definition) is 3. The van der Waals surface area contributed by atoms with Gasteiger partial charge in [0.2, 0.25) is 0 Å². The van der Waals surface area contributed by atoms with Crippen LogP contribution in [0.15, 0.2) is 30.5 Å². The van der Waals surface area contributed by atoms with Gasteiger partial charge in [-0.05, 0) is 37.1 Å². The maximum Gasteiger partial charge on any atom is 0.166 e. The molecule has 0 bridgehead atoms. The third kappa shape index (κ3) is 2.87. The van der Waals surface area contributed by atoms with Crippen molar-refractivity contribution < 1.29 is 9.13 Å². The van der Waals surface area contributed by atoms with Crippen molar-refractivity contribution in [1.29, 1.82) is 0 Å². The molecular formula is C14H14BFN2O. The Morgan fingerprint density at radius 1 is 1.42 bits per heavy atom. The monoisotopic (exact) mass is 256 g/mol. The third-order valence-electron chi connectivity index (χ3n) is 2.95. The average Bonchev–Trinajstić information content (AvgIpc) is 2.37. The number of nitrogen functional groups attached to an aromatic ring is 1. The maximum atomic E-state index is 13.5. The van der Waals surface area contributed by atoms with Gasteiger partial charge in [0.25, 0.3) is 0 Å². The second kappa shape index (κ2) is 5.30. The van der Waals surface area contributed by atoms with Crippen molar-refractivity contribution in [1.82, 2.24) is 4.98 Å². The predicted molar refractivity (Wildman–Crippen MR) is 74.2 cm³/mol. The summed E-state index contributed by atoms with van der Waals surface area (Å²) in [6.07, 6.45) is 1.11. The van der Waals surface area contributed by atoms with Gasteiger partial charge in [0.1, 0.15) is 19.8 Å². The summed E-state index contributed by atoms with van der Waals surface area (Å²) in [7, 11) is 5.64. The van der Waals surface area contributed by atoms with Gasteiger partial charge >= 0.3 is 0 Å². The van der Waals surface area contributed by atoms with Gasteiger partial charge in [-0.2, -0.15) is 0 Å². The van der Waals surface area contributed by atoms with Crippen LogP contribution >= 0.6 is 0 Å². The van der Waals surface area contributed by atoms with Crippen LogP contribution in [0.4, 0.5) is 10.2 Å². The van der Waals surface area contributed by atoms with E-state index < -0.39 is 0 Å². The highest BCUT2D eigenvalue weighted by Crippen LogP contribution is 2.27. The molecule has 2 radical (unpaired) electrons. The minimum atomic E-state index is -0.346. The molecule has 1 atom stereocenters. The van der Waals surface area contributed by atoms with Crippen molar-refractivity contribution in [2.45, 2.75) is 20.0 Å². The van der Waals surface area contributed by atoms with Gasteiger partial charge in [-0.1, -0.05) is 17.6 Å². The first-order valence-corrected chi connectivity index (χ1v) is 5.91. The molecule has 0 fully saturated rings. The van der Waals surface area contributed by atoms with E-state index in [0.717, 1.165) is 5.56 Å². The largest absolute Gasteiger partial charge is 0.482 e. The molecule has 2 rings (SSSR count). The normalized spacial score (nSPS) is 12.2. The lowest BCUT2D eigenvalue weighted by Crippen LogP contribution is -2.11. The van der Waals surface area contributed by atoms with Crippen LogP contribution in [0.2, 0.25) is 0 Å². The molecule has 3 nitrogen and oxygen atoms in total. The first-order valence-electron chi connectivity index (χ1n) is 5.91. The molecule has 0 amide bonds. The summed E-state index contributed by atoms with van der Waals surface area (Å²) in [4.78, 5) is 3.92. The SMILES string of the molecule is [B]c1cnc(N)c(OC(C)c2cccc(F)c2C)c1. The number of hydrogen-bond donors (Lipinski definition) is 1. The van der Waals surface area contributed by atoms with Gasteiger partial charge in [-0.15, -0.1) is 0 Å². The van der Waals surface area contributed by atoms with Gasteiger partial charge in [0, 0.05) is 6.20 Å². The third-order valence-corrected chi connectivity index (χ3v) is 2.95.